The number of rotatable bonds is 2. The number of nitrogens with one attached hydrogen (secondary N) is 1. The van der Waals surface area contributed by atoms with Gasteiger partial charge in [0, 0.05) is 11.1 Å². The van der Waals surface area contributed by atoms with E-state index in [1.807, 2.05) is 18.2 Å². The Balaban J connectivity index is 0.000000146. The summed E-state index contributed by atoms with van der Waals surface area (Å²) in [5, 5.41) is 4.39. The number of nitrogens with zero attached hydrogens (tertiary/aromatic N) is 1. The van der Waals surface area contributed by atoms with Crippen LogP contribution in [-0.4, -0.2) is 11.7 Å². The Morgan fingerprint density at radius 3 is 2.48 bits per heavy atom. The van der Waals surface area contributed by atoms with Crippen LogP contribution in [0.4, 0.5) is 5.69 Å². The lowest BCUT2D eigenvalue weighted by molar-refractivity contribution is 0.372. The first-order valence-electron chi connectivity index (χ1n) is 8.91. The molecular weight excluding hydrogens is 308 g/mol. The third-order valence-electron chi connectivity index (χ3n) is 4.37. The quantitative estimate of drug-likeness (QED) is 0.630. The maximum absolute atomic E-state index is 5.32. The third kappa shape index (κ3) is 4.11. The monoisotopic (exact) mass is 334 g/mol. The van der Waals surface area contributed by atoms with Crippen molar-refractivity contribution in [1.29, 1.82) is 0 Å². The van der Waals surface area contributed by atoms with Crippen LogP contribution < -0.4 is 10.1 Å². The van der Waals surface area contributed by atoms with Crippen LogP contribution in [0.1, 0.15) is 50.8 Å². The largest absolute Gasteiger partial charge is 0.471 e. The Kier molecular flexibility index (Phi) is 5.22. The van der Waals surface area contributed by atoms with E-state index >= 15 is 0 Å². The Hall–Kier alpha value is -2.55. The van der Waals surface area contributed by atoms with Crippen molar-refractivity contribution in [3.05, 3.63) is 65.9 Å². The van der Waals surface area contributed by atoms with Crippen molar-refractivity contribution in [2.45, 2.75) is 39.5 Å². The van der Waals surface area contributed by atoms with E-state index in [2.05, 4.69) is 74.4 Å². The molecule has 0 unspecified atom stereocenters. The first-order chi connectivity index (χ1) is 12.0. The molecule has 0 fully saturated rings. The van der Waals surface area contributed by atoms with Crippen LogP contribution in [-0.2, 0) is 0 Å². The highest BCUT2D eigenvalue weighted by molar-refractivity contribution is 5.78. The minimum absolute atomic E-state index is 0.504. The second-order valence-corrected chi connectivity index (χ2v) is 6.96. The van der Waals surface area contributed by atoms with Crippen LogP contribution >= 0.6 is 0 Å². The van der Waals surface area contributed by atoms with Gasteiger partial charge in [-0.2, -0.15) is 0 Å². The van der Waals surface area contributed by atoms with E-state index in [1.165, 1.54) is 16.6 Å². The fourth-order valence-electron chi connectivity index (χ4n) is 2.77. The van der Waals surface area contributed by atoms with Crippen LogP contribution in [0.25, 0.3) is 10.9 Å². The van der Waals surface area contributed by atoms with E-state index in [0.717, 1.165) is 17.0 Å². The molecule has 130 valence electrons. The molecule has 0 bridgehead atoms. The van der Waals surface area contributed by atoms with Crippen molar-refractivity contribution in [3.63, 3.8) is 0 Å². The first kappa shape index (κ1) is 17.3. The van der Waals surface area contributed by atoms with Gasteiger partial charge in [0.2, 0.25) is 0 Å². The molecule has 0 aliphatic carbocycles. The first-order valence-corrected chi connectivity index (χ1v) is 8.91. The lowest BCUT2D eigenvalue weighted by Gasteiger charge is -2.05. The maximum Gasteiger partial charge on any atom is 0.159 e. The molecule has 0 spiro atoms. The van der Waals surface area contributed by atoms with Crippen LogP contribution in [0.15, 0.2) is 54.6 Å². The van der Waals surface area contributed by atoms with Gasteiger partial charge in [-0.25, -0.2) is 0 Å². The molecular formula is C22H26N2O. The Morgan fingerprint density at radius 2 is 1.72 bits per heavy atom. The number of anilines is 1. The van der Waals surface area contributed by atoms with Crippen molar-refractivity contribution in [2.75, 3.05) is 12.0 Å². The molecule has 1 N–H and O–H groups in total. The fourth-order valence-corrected chi connectivity index (χ4v) is 2.77. The summed E-state index contributed by atoms with van der Waals surface area (Å²) < 4.78 is 5.32. The van der Waals surface area contributed by atoms with E-state index in [4.69, 9.17) is 4.74 Å². The number of fused-ring (bicyclic) bond motifs is 2. The van der Waals surface area contributed by atoms with Gasteiger partial charge in [0.15, 0.2) is 6.73 Å². The third-order valence-corrected chi connectivity index (χ3v) is 4.37. The fraction of sp³-hybridized carbons (Fsp3) is 0.318. The zero-order valence-corrected chi connectivity index (χ0v) is 15.4. The van der Waals surface area contributed by atoms with Gasteiger partial charge in [-0.15, -0.1) is 0 Å². The molecule has 3 nitrogen and oxygen atoms in total. The Labute approximate surface area is 150 Å². The predicted molar refractivity (Wildman–Crippen MR) is 105 cm³/mol. The average Bonchev–Trinajstić information content (AvgIpc) is 3.09. The van der Waals surface area contributed by atoms with Gasteiger partial charge in [0.25, 0.3) is 0 Å². The normalized spacial score (nSPS) is 12.4. The van der Waals surface area contributed by atoms with Gasteiger partial charge >= 0.3 is 0 Å². The number of hydrogen-bond donors (Lipinski definition) is 1. The summed E-state index contributed by atoms with van der Waals surface area (Å²) in [5.41, 5.74) is 4.74. The Morgan fingerprint density at radius 1 is 0.920 bits per heavy atom. The summed E-state index contributed by atoms with van der Waals surface area (Å²) in [6.45, 7) is 9.32. The summed E-state index contributed by atoms with van der Waals surface area (Å²) >= 11 is 0. The van der Waals surface area contributed by atoms with Crippen LogP contribution in [0.5, 0.6) is 5.75 Å². The molecule has 0 saturated heterocycles. The molecule has 0 radical (unpaired) electrons. The SMILES string of the molecule is CC(C)c1ccc2c(c1)NCO2.CC(C)c1ccc2ccccc2n1. The highest BCUT2D eigenvalue weighted by Crippen LogP contribution is 2.31. The molecule has 2 aromatic carbocycles. The van der Waals surface area contributed by atoms with Crippen molar-refractivity contribution in [3.8, 4) is 5.75 Å². The van der Waals surface area contributed by atoms with Crippen molar-refractivity contribution < 1.29 is 4.74 Å². The Bertz CT molecular complexity index is 856. The number of pyridine rings is 1. The van der Waals surface area contributed by atoms with Gasteiger partial charge in [-0.1, -0.05) is 58.0 Å². The zero-order chi connectivity index (χ0) is 17.8. The highest BCUT2D eigenvalue weighted by Gasteiger charge is 2.11. The minimum Gasteiger partial charge on any atom is -0.471 e. The van der Waals surface area contributed by atoms with E-state index < -0.39 is 0 Å². The van der Waals surface area contributed by atoms with Gasteiger partial charge in [-0.3, -0.25) is 4.98 Å². The van der Waals surface area contributed by atoms with Crippen molar-refractivity contribution in [1.82, 2.24) is 4.98 Å². The number of para-hydroxylation sites is 1. The molecule has 2 heterocycles. The lowest BCUT2D eigenvalue weighted by Crippen LogP contribution is -1.96. The molecule has 1 aliphatic rings. The number of benzene rings is 2. The van der Waals surface area contributed by atoms with Crippen LogP contribution in [0.3, 0.4) is 0 Å². The second kappa shape index (κ2) is 7.56. The molecule has 0 saturated carbocycles. The molecule has 0 atom stereocenters. The van der Waals surface area contributed by atoms with Gasteiger partial charge in [0.1, 0.15) is 5.75 Å². The van der Waals surface area contributed by atoms with E-state index in [9.17, 15) is 0 Å². The molecule has 1 aliphatic heterocycles. The molecule has 1 aromatic heterocycles. The maximum atomic E-state index is 5.32. The lowest BCUT2D eigenvalue weighted by atomic mass is 10.0. The van der Waals surface area contributed by atoms with Crippen LogP contribution in [0, 0.1) is 0 Å². The average molecular weight is 334 g/mol. The number of aromatic nitrogens is 1. The molecule has 3 aromatic rings. The number of ether oxygens (including phenoxy) is 1. The summed E-state index contributed by atoms with van der Waals surface area (Å²) in [4.78, 5) is 4.57. The topological polar surface area (TPSA) is 34.1 Å². The predicted octanol–water partition coefficient (Wildman–Crippen LogP) is 5.93. The summed E-state index contributed by atoms with van der Waals surface area (Å²) in [6, 6.07) is 18.8. The van der Waals surface area contributed by atoms with Gasteiger partial charge < -0.3 is 10.1 Å². The standard InChI is InChI=1S/C12H13N.C10H13NO/c1-9(2)11-8-7-10-5-3-4-6-12(10)13-11;1-7(2)8-3-4-10-9(5-8)11-6-12-10/h3-9H,1-2H3;3-5,7,11H,6H2,1-2H3. The van der Waals surface area contributed by atoms with E-state index in [1.54, 1.807) is 0 Å². The minimum atomic E-state index is 0.504. The molecule has 3 heteroatoms. The summed E-state index contributed by atoms with van der Waals surface area (Å²) in [6.07, 6.45) is 0. The van der Waals surface area contributed by atoms with Gasteiger partial charge in [-0.05, 0) is 41.7 Å². The summed E-state index contributed by atoms with van der Waals surface area (Å²) in [7, 11) is 0. The zero-order valence-electron chi connectivity index (χ0n) is 15.4. The smallest absolute Gasteiger partial charge is 0.159 e. The molecule has 25 heavy (non-hydrogen) atoms. The summed E-state index contributed by atoms with van der Waals surface area (Å²) in [5.74, 6) is 2.06. The van der Waals surface area contributed by atoms with E-state index in [-0.39, 0.29) is 0 Å². The number of hydrogen-bond acceptors (Lipinski definition) is 3. The molecule has 4 rings (SSSR count). The van der Waals surface area contributed by atoms with Crippen LogP contribution in [0.2, 0.25) is 0 Å². The second-order valence-electron chi connectivity index (χ2n) is 6.96. The van der Waals surface area contributed by atoms with E-state index in [0.29, 0.717) is 18.6 Å². The molecule has 0 amide bonds. The highest BCUT2D eigenvalue weighted by atomic mass is 16.5. The van der Waals surface area contributed by atoms with Crippen molar-refractivity contribution >= 4 is 16.6 Å². The van der Waals surface area contributed by atoms with Gasteiger partial charge in [0.05, 0.1) is 11.2 Å². The van der Waals surface area contributed by atoms with Crippen molar-refractivity contribution in [2.24, 2.45) is 0 Å².